The Labute approximate surface area is 151 Å². The van der Waals surface area contributed by atoms with Gasteiger partial charge in [0.15, 0.2) is 6.29 Å². The molecule has 3 aromatic rings. The summed E-state index contributed by atoms with van der Waals surface area (Å²) in [5.41, 5.74) is 3.68. The van der Waals surface area contributed by atoms with Crippen molar-refractivity contribution < 1.29 is 18.9 Å². The fraction of sp³-hybridized carbons (Fsp3) is 0.250. The lowest BCUT2D eigenvalue weighted by Crippen LogP contribution is -2.06. The number of aromatic nitrogens is 2. The maximum absolute atomic E-state index is 6.11. The first-order valence-electron chi connectivity index (χ1n) is 8.47. The van der Waals surface area contributed by atoms with Gasteiger partial charge >= 0.3 is 0 Å². The Bertz CT molecular complexity index is 841. The van der Waals surface area contributed by atoms with E-state index in [1.807, 2.05) is 48.5 Å². The summed E-state index contributed by atoms with van der Waals surface area (Å²) in [5.74, 6) is 1.55. The minimum Gasteiger partial charge on any atom is -0.497 e. The predicted molar refractivity (Wildman–Crippen MR) is 96.0 cm³/mol. The normalized spacial score (nSPS) is 14.5. The van der Waals surface area contributed by atoms with E-state index in [1.165, 1.54) is 0 Å². The maximum atomic E-state index is 6.11. The second-order valence-electron chi connectivity index (χ2n) is 5.89. The summed E-state index contributed by atoms with van der Waals surface area (Å²) < 4.78 is 22.8. The number of nitrogens with one attached hydrogen (secondary N) is 1. The molecule has 26 heavy (non-hydrogen) atoms. The molecule has 0 aliphatic carbocycles. The Morgan fingerprint density at radius 3 is 2.58 bits per heavy atom. The van der Waals surface area contributed by atoms with Gasteiger partial charge < -0.3 is 18.9 Å². The average molecular weight is 352 g/mol. The van der Waals surface area contributed by atoms with Crippen molar-refractivity contribution in [3.8, 4) is 22.8 Å². The first kappa shape index (κ1) is 16.6. The van der Waals surface area contributed by atoms with E-state index in [0.29, 0.717) is 19.8 Å². The third-order valence-corrected chi connectivity index (χ3v) is 4.25. The lowest BCUT2D eigenvalue weighted by atomic mass is 10.0. The van der Waals surface area contributed by atoms with Gasteiger partial charge in [-0.05, 0) is 29.8 Å². The first-order chi connectivity index (χ1) is 12.8. The van der Waals surface area contributed by atoms with Gasteiger partial charge in [0.05, 0.1) is 31.6 Å². The Morgan fingerprint density at radius 1 is 1.08 bits per heavy atom. The summed E-state index contributed by atoms with van der Waals surface area (Å²) >= 11 is 0. The van der Waals surface area contributed by atoms with E-state index in [4.69, 9.17) is 18.9 Å². The predicted octanol–water partition coefficient (Wildman–Crippen LogP) is 3.71. The van der Waals surface area contributed by atoms with E-state index >= 15 is 0 Å². The minimum atomic E-state index is -0.450. The SMILES string of the molecule is COc1ccc(COc2cccc(-c3cc[nH]n3)c2C2OCCO2)cc1. The van der Waals surface area contributed by atoms with Crippen LogP contribution in [0.5, 0.6) is 11.5 Å². The van der Waals surface area contributed by atoms with Crippen LogP contribution >= 0.6 is 0 Å². The summed E-state index contributed by atoms with van der Waals surface area (Å²) in [6.45, 7) is 1.57. The number of nitrogens with zero attached hydrogens (tertiary/aromatic N) is 1. The van der Waals surface area contributed by atoms with E-state index in [0.717, 1.165) is 33.9 Å². The monoisotopic (exact) mass is 352 g/mol. The molecule has 0 unspecified atom stereocenters. The lowest BCUT2D eigenvalue weighted by Gasteiger charge is -2.18. The maximum Gasteiger partial charge on any atom is 0.188 e. The lowest BCUT2D eigenvalue weighted by molar-refractivity contribution is -0.0454. The molecule has 4 rings (SSSR count). The van der Waals surface area contributed by atoms with E-state index < -0.39 is 6.29 Å². The van der Waals surface area contributed by atoms with Crippen LogP contribution < -0.4 is 9.47 Å². The Kier molecular flexibility index (Phi) is 4.86. The number of rotatable bonds is 6. The second kappa shape index (κ2) is 7.59. The van der Waals surface area contributed by atoms with Crippen molar-refractivity contribution in [2.24, 2.45) is 0 Å². The largest absolute Gasteiger partial charge is 0.497 e. The van der Waals surface area contributed by atoms with Gasteiger partial charge in [-0.3, -0.25) is 5.10 Å². The van der Waals surface area contributed by atoms with Crippen molar-refractivity contribution in [3.05, 3.63) is 65.9 Å². The van der Waals surface area contributed by atoms with Gasteiger partial charge in [-0.1, -0.05) is 24.3 Å². The number of hydrogen-bond acceptors (Lipinski definition) is 5. The van der Waals surface area contributed by atoms with E-state index in [1.54, 1.807) is 13.3 Å². The molecule has 1 aliphatic rings. The quantitative estimate of drug-likeness (QED) is 0.733. The molecule has 6 heteroatoms. The number of ether oxygens (including phenoxy) is 4. The van der Waals surface area contributed by atoms with Crippen molar-refractivity contribution in [1.82, 2.24) is 10.2 Å². The van der Waals surface area contributed by atoms with E-state index in [2.05, 4.69) is 10.2 Å². The van der Waals surface area contributed by atoms with E-state index in [-0.39, 0.29) is 0 Å². The van der Waals surface area contributed by atoms with Crippen molar-refractivity contribution in [3.63, 3.8) is 0 Å². The first-order valence-corrected chi connectivity index (χ1v) is 8.47. The van der Waals surface area contributed by atoms with Crippen molar-refractivity contribution in [1.29, 1.82) is 0 Å². The van der Waals surface area contributed by atoms with Crippen LogP contribution in [-0.4, -0.2) is 30.5 Å². The van der Waals surface area contributed by atoms with Crippen LogP contribution in [0.4, 0.5) is 0 Å². The highest BCUT2D eigenvalue weighted by molar-refractivity contribution is 5.67. The molecular weight excluding hydrogens is 332 g/mol. The number of H-pyrrole nitrogens is 1. The molecule has 6 nitrogen and oxygen atoms in total. The summed E-state index contributed by atoms with van der Waals surface area (Å²) in [6, 6.07) is 15.6. The number of benzene rings is 2. The third kappa shape index (κ3) is 3.42. The summed E-state index contributed by atoms with van der Waals surface area (Å²) in [5, 5.41) is 7.14. The highest BCUT2D eigenvalue weighted by Crippen LogP contribution is 2.38. The van der Waals surface area contributed by atoms with Crippen LogP contribution in [0.15, 0.2) is 54.7 Å². The summed E-state index contributed by atoms with van der Waals surface area (Å²) in [6.07, 6.45) is 1.34. The highest BCUT2D eigenvalue weighted by Gasteiger charge is 2.26. The molecule has 0 spiro atoms. The fourth-order valence-corrected chi connectivity index (χ4v) is 2.95. The molecule has 1 saturated heterocycles. The molecule has 0 atom stereocenters. The van der Waals surface area contributed by atoms with Gasteiger partial charge in [0, 0.05) is 11.8 Å². The van der Waals surface area contributed by atoms with Crippen LogP contribution in [0, 0.1) is 0 Å². The fourth-order valence-electron chi connectivity index (χ4n) is 2.95. The van der Waals surface area contributed by atoms with Gasteiger partial charge in [0.25, 0.3) is 0 Å². The van der Waals surface area contributed by atoms with Crippen LogP contribution in [0.25, 0.3) is 11.3 Å². The van der Waals surface area contributed by atoms with Gasteiger partial charge in [-0.2, -0.15) is 5.10 Å². The number of aromatic amines is 1. The van der Waals surface area contributed by atoms with Crippen LogP contribution in [0.2, 0.25) is 0 Å². The van der Waals surface area contributed by atoms with Crippen LogP contribution in [-0.2, 0) is 16.1 Å². The molecule has 134 valence electrons. The zero-order valence-corrected chi connectivity index (χ0v) is 14.5. The summed E-state index contributed by atoms with van der Waals surface area (Å²) in [4.78, 5) is 0. The van der Waals surface area contributed by atoms with Crippen molar-refractivity contribution in [2.45, 2.75) is 12.9 Å². The third-order valence-electron chi connectivity index (χ3n) is 4.25. The Morgan fingerprint density at radius 2 is 1.88 bits per heavy atom. The van der Waals surface area contributed by atoms with Gasteiger partial charge in [0.1, 0.15) is 18.1 Å². The molecule has 0 bridgehead atoms. The molecule has 1 N–H and O–H groups in total. The molecule has 1 aliphatic heterocycles. The smallest absolute Gasteiger partial charge is 0.188 e. The van der Waals surface area contributed by atoms with Crippen molar-refractivity contribution >= 4 is 0 Å². The standard InChI is InChI=1S/C20H20N2O4/c1-23-15-7-5-14(6-8-15)13-26-18-4-2-3-16(17-9-10-21-22-17)19(18)20-24-11-12-25-20/h2-10,20H,11-13H2,1H3,(H,21,22). The van der Waals surface area contributed by atoms with Crippen molar-refractivity contribution in [2.75, 3.05) is 20.3 Å². The topological polar surface area (TPSA) is 65.6 Å². The van der Waals surface area contributed by atoms with Crippen LogP contribution in [0.1, 0.15) is 17.4 Å². The Hall–Kier alpha value is -2.83. The zero-order valence-electron chi connectivity index (χ0n) is 14.5. The van der Waals surface area contributed by atoms with Crippen LogP contribution in [0.3, 0.4) is 0 Å². The molecular formula is C20H20N2O4. The number of methoxy groups -OCH3 is 1. The molecule has 1 fully saturated rings. The molecule has 0 saturated carbocycles. The second-order valence-corrected chi connectivity index (χ2v) is 5.89. The van der Waals surface area contributed by atoms with Gasteiger partial charge in [-0.25, -0.2) is 0 Å². The zero-order chi connectivity index (χ0) is 17.8. The van der Waals surface area contributed by atoms with E-state index in [9.17, 15) is 0 Å². The molecule has 2 heterocycles. The Balaban J connectivity index is 1.63. The molecule has 2 aromatic carbocycles. The molecule has 1 aromatic heterocycles. The molecule has 0 radical (unpaired) electrons. The summed E-state index contributed by atoms with van der Waals surface area (Å²) in [7, 11) is 1.65. The van der Waals surface area contributed by atoms with Gasteiger partial charge in [-0.15, -0.1) is 0 Å². The highest BCUT2D eigenvalue weighted by atomic mass is 16.7. The minimum absolute atomic E-state index is 0.438. The number of hydrogen-bond donors (Lipinski definition) is 1. The average Bonchev–Trinajstić information content (AvgIpc) is 3.40. The van der Waals surface area contributed by atoms with Gasteiger partial charge in [0.2, 0.25) is 0 Å². The molecule has 0 amide bonds.